The highest BCUT2D eigenvalue weighted by molar-refractivity contribution is 7.84. The van der Waals surface area contributed by atoms with Gasteiger partial charge in [0.05, 0.1) is 5.25 Å². The zero-order valence-electron chi connectivity index (χ0n) is 12.7. The fourth-order valence-corrected chi connectivity index (χ4v) is 3.67. The van der Waals surface area contributed by atoms with E-state index in [4.69, 9.17) is 4.74 Å². The number of hydrogen-bond acceptors (Lipinski definition) is 4. The summed E-state index contributed by atoms with van der Waals surface area (Å²) in [6, 6.07) is 3.75. The fraction of sp³-hybridized carbons (Fsp3) is 0.600. The first kappa shape index (κ1) is 15.9. The van der Waals surface area contributed by atoms with E-state index in [-0.39, 0.29) is 11.3 Å². The number of carbonyl (C=O) groups excluding carboxylic acids is 1. The van der Waals surface area contributed by atoms with Crippen LogP contribution in [0.5, 0.6) is 0 Å². The molecule has 6 heteroatoms. The molecule has 1 aliphatic rings. The van der Waals surface area contributed by atoms with Gasteiger partial charge in [0.2, 0.25) is 0 Å². The third-order valence-electron chi connectivity index (χ3n) is 3.23. The third kappa shape index (κ3) is 4.81. The molecular formula is C15H22N2O3S. The summed E-state index contributed by atoms with van der Waals surface area (Å²) in [5.74, 6) is 0.509. The summed E-state index contributed by atoms with van der Waals surface area (Å²) in [5, 5.41) is 0.0192. The van der Waals surface area contributed by atoms with Crippen LogP contribution in [-0.2, 0) is 21.3 Å². The Bertz CT molecular complexity index is 513. The molecule has 0 N–H and O–H groups in total. The highest BCUT2D eigenvalue weighted by atomic mass is 32.2. The molecule has 0 spiro atoms. The highest BCUT2D eigenvalue weighted by Crippen LogP contribution is 2.20. The first-order valence-electron chi connectivity index (χ1n) is 7.09. The second-order valence-corrected chi connectivity index (χ2v) is 7.93. The van der Waals surface area contributed by atoms with Crippen molar-refractivity contribution >= 4 is 16.9 Å². The number of pyridine rings is 1. The average molecular weight is 310 g/mol. The maximum absolute atomic E-state index is 12.4. The van der Waals surface area contributed by atoms with Gasteiger partial charge < -0.3 is 9.64 Å². The predicted molar refractivity (Wildman–Crippen MR) is 82.3 cm³/mol. The van der Waals surface area contributed by atoms with Crippen molar-refractivity contribution in [2.75, 3.05) is 13.1 Å². The normalized spacial score (nSPS) is 20.3. The number of aromatic nitrogens is 1. The van der Waals surface area contributed by atoms with Crippen molar-refractivity contribution in [2.24, 2.45) is 0 Å². The van der Waals surface area contributed by atoms with Gasteiger partial charge in [-0.1, -0.05) is 0 Å². The van der Waals surface area contributed by atoms with Gasteiger partial charge in [0.25, 0.3) is 0 Å². The maximum atomic E-state index is 12.4. The highest BCUT2D eigenvalue weighted by Gasteiger charge is 2.32. The van der Waals surface area contributed by atoms with Gasteiger partial charge in [0.15, 0.2) is 0 Å². The quantitative estimate of drug-likeness (QED) is 0.860. The lowest BCUT2D eigenvalue weighted by Crippen LogP contribution is -2.36. The van der Waals surface area contributed by atoms with Crippen LogP contribution in [0.1, 0.15) is 32.8 Å². The van der Waals surface area contributed by atoms with E-state index in [1.54, 1.807) is 17.3 Å². The van der Waals surface area contributed by atoms with Crippen LogP contribution in [0.15, 0.2) is 24.5 Å². The molecule has 0 radical (unpaired) electrons. The van der Waals surface area contributed by atoms with Gasteiger partial charge in [-0.2, -0.15) is 0 Å². The second-order valence-electron chi connectivity index (χ2n) is 6.22. The summed E-state index contributed by atoms with van der Waals surface area (Å²) in [6.07, 6.45) is 3.85. The Morgan fingerprint density at radius 2 is 2.10 bits per heavy atom. The molecule has 1 amide bonds. The van der Waals surface area contributed by atoms with Crippen molar-refractivity contribution in [2.45, 2.75) is 43.8 Å². The van der Waals surface area contributed by atoms with Gasteiger partial charge in [0.1, 0.15) is 5.60 Å². The molecule has 5 nitrogen and oxygen atoms in total. The van der Waals surface area contributed by atoms with Crippen LogP contribution in [0.25, 0.3) is 0 Å². The molecule has 21 heavy (non-hydrogen) atoms. The second kappa shape index (κ2) is 6.56. The largest absolute Gasteiger partial charge is 0.444 e. The van der Waals surface area contributed by atoms with Crippen molar-refractivity contribution in [3.05, 3.63) is 30.1 Å². The maximum Gasteiger partial charge on any atom is 0.410 e. The Labute approximate surface area is 128 Å². The molecule has 1 aromatic rings. The average Bonchev–Trinajstić information content (AvgIpc) is 2.87. The van der Waals surface area contributed by atoms with Crippen LogP contribution in [-0.4, -0.2) is 44.1 Å². The third-order valence-corrected chi connectivity index (χ3v) is 4.97. The Morgan fingerprint density at radius 1 is 1.43 bits per heavy atom. The number of carbonyl (C=O) groups is 1. The van der Waals surface area contributed by atoms with E-state index in [1.165, 1.54) is 0 Å². The molecule has 0 saturated carbocycles. The summed E-state index contributed by atoms with van der Waals surface area (Å²) in [6.45, 7) is 6.66. The van der Waals surface area contributed by atoms with E-state index in [0.717, 1.165) is 12.0 Å². The van der Waals surface area contributed by atoms with Gasteiger partial charge in [-0.15, -0.1) is 0 Å². The van der Waals surface area contributed by atoms with Gasteiger partial charge >= 0.3 is 6.09 Å². The van der Waals surface area contributed by atoms with E-state index in [2.05, 4.69) is 4.98 Å². The SMILES string of the molecule is CC(C)(C)OC(=O)N1CCC(S(=O)Cc2ccncc2)C1. The van der Waals surface area contributed by atoms with Crippen LogP contribution in [0, 0.1) is 0 Å². The number of amides is 1. The Kier molecular flexibility index (Phi) is 4.98. The van der Waals surface area contributed by atoms with E-state index in [0.29, 0.717) is 18.8 Å². The van der Waals surface area contributed by atoms with Crippen LogP contribution in [0.2, 0.25) is 0 Å². The summed E-state index contributed by atoms with van der Waals surface area (Å²) in [7, 11) is -0.984. The minimum absolute atomic E-state index is 0.0192. The van der Waals surface area contributed by atoms with Gasteiger partial charge in [-0.3, -0.25) is 9.19 Å². The zero-order chi connectivity index (χ0) is 15.5. The minimum atomic E-state index is -0.984. The lowest BCUT2D eigenvalue weighted by atomic mass is 10.2. The summed E-state index contributed by atoms with van der Waals surface area (Å²) in [4.78, 5) is 17.6. The molecule has 1 fully saturated rings. The minimum Gasteiger partial charge on any atom is -0.444 e. The van der Waals surface area contributed by atoms with Crippen LogP contribution >= 0.6 is 0 Å². The molecule has 2 rings (SSSR count). The zero-order valence-corrected chi connectivity index (χ0v) is 13.6. The molecule has 0 aromatic carbocycles. The number of likely N-dealkylation sites (tertiary alicyclic amines) is 1. The van der Waals surface area contributed by atoms with Crippen molar-refractivity contribution in [3.8, 4) is 0 Å². The van der Waals surface area contributed by atoms with Crippen molar-refractivity contribution < 1.29 is 13.7 Å². The topological polar surface area (TPSA) is 59.5 Å². The lowest BCUT2D eigenvalue weighted by Gasteiger charge is -2.24. The Balaban J connectivity index is 1.87. The molecule has 2 heterocycles. The van der Waals surface area contributed by atoms with Gasteiger partial charge in [-0.05, 0) is 44.9 Å². The van der Waals surface area contributed by atoms with Gasteiger partial charge in [0, 0.05) is 42.0 Å². The van der Waals surface area contributed by atoms with Gasteiger partial charge in [-0.25, -0.2) is 4.79 Å². The van der Waals surface area contributed by atoms with E-state index < -0.39 is 16.4 Å². The molecule has 1 aliphatic heterocycles. The Morgan fingerprint density at radius 3 is 2.71 bits per heavy atom. The smallest absolute Gasteiger partial charge is 0.410 e. The Hall–Kier alpha value is -1.43. The molecule has 116 valence electrons. The summed E-state index contributed by atoms with van der Waals surface area (Å²) < 4.78 is 17.7. The van der Waals surface area contributed by atoms with Crippen LogP contribution < -0.4 is 0 Å². The number of nitrogens with zero attached hydrogens (tertiary/aromatic N) is 2. The number of rotatable bonds is 3. The first-order valence-corrected chi connectivity index (χ1v) is 8.47. The molecule has 1 saturated heterocycles. The van der Waals surface area contributed by atoms with Crippen molar-refractivity contribution in [1.82, 2.24) is 9.88 Å². The predicted octanol–water partition coefficient (Wildman–Crippen LogP) is 2.34. The van der Waals surface area contributed by atoms with Crippen molar-refractivity contribution in [3.63, 3.8) is 0 Å². The summed E-state index contributed by atoms with van der Waals surface area (Å²) >= 11 is 0. The monoisotopic (exact) mass is 310 g/mol. The van der Waals surface area contributed by atoms with Crippen molar-refractivity contribution in [1.29, 1.82) is 0 Å². The lowest BCUT2D eigenvalue weighted by molar-refractivity contribution is 0.0295. The fourth-order valence-electron chi connectivity index (χ4n) is 2.20. The standard InChI is InChI=1S/C15H22N2O3S/c1-15(2,3)20-14(18)17-9-6-13(10-17)21(19)11-12-4-7-16-8-5-12/h4-5,7-8,13H,6,9-11H2,1-3H3. The van der Waals surface area contributed by atoms with E-state index in [1.807, 2.05) is 32.9 Å². The van der Waals surface area contributed by atoms with E-state index >= 15 is 0 Å². The number of ether oxygens (including phenoxy) is 1. The van der Waals surface area contributed by atoms with E-state index in [9.17, 15) is 9.00 Å². The van der Waals surface area contributed by atoms with Crippen LogP contribution in [0.3, 0.4) is 0 Å². The number of hydrogen-bond donors (Lipinski definition) is 0. The van der Waals surface area contributed by atoms with Crippen LogP contribution in [0.4, 0.5) is 4.79 Å². The molecular weight excluding hydrogens is 288 g/mol. The molecule has 0 bridgehead atoms. The molecule has 0 aliphatic carbocycles. The summed E-state index contributed by atoms with van der Waals surface area (Å²) in [5.41, 5.74) is 0.518. The molecule has 2 atom stereocenters. The first-order chi connectivity index (χ1) is 9.85. The molecule has 1 aromatic heterocycles. The molecule has 2 unspecified atom stereocenters.